The van der Waals surface area contributed by atoms with Crippen molar-refractivity contribution in [2.24, 2.45) is 5.92 Å². The molecule has 1 unspecified atom stereocenters. The van der Waals surface area contributed by atoms with Gasteiger partial charge >= 0.3 is 5.69 Å². The molecule has 0 spiro atoms. The summed E-state index contributed by atoms with van der Waals surface area (Å²) in [4.78, 5) is 14.6. The quantitative estimate of drug-likeness (QED) is 0.613. The number of rotatable bonds is 7. The Morgan fingerprint density at radius 1 is 1.58 bits per heavy atom. The van der Waals surface area contributed by atoms with Crippen LogP contribution >= 0.6 is 15.9 Å². The van der Waals surface area contributed by atoms with Crippen molar-refractivity contribution in [3.63, 3.8) is 0 Å². The minimum atomic E-state index is -0.446. The summed E-state index contributed by atoms with van der Waals surface area (Å²) in [7, 11) is 0. The lowest BCUT2D eigenvalue weighted by molar-refractivity contribution is -0.384. The SMILES string of the molecule is CCOCC(Nc1ncc(Br)cc1[N+](=O)[O-])C(C)C. The molecule has 0 saturated heterocycles. The van der Waals surface area contributed by atoms with E-state index in [2.05, 4.69) is 26.2 Å². The van der Waals surface area contributed by atoms with Crippen LogP contribution in [-0.2, 0) is 4.74 Å². The summed E-state index contributed by atoms with van der Waals surface area (Å²) in [5, 5.41) is 14.1. The van der Waals surface area contributed by atoms with Crippen LogP contribution in [0.15, 0.2) is 16.7 Å². The highest BCUT2D eigenvalue weighted by atomic mass is 79.9. The van der Waals surface area contributed by atoms with Gasteiger partial charge in [0.15, 0.2) is 0 Å². The van der Waals surface area contributed by atoms with Crippen LogP contribution in [0.2, 0.25) is 0 Å². The molecule has 0 fully saturated rings. The number of nitrogens with one attached hydrogen (secondary N) is 1. The van der Waals surface area contributed by atoms with Crippen molar-refractivity contribution >= 4 is 27.4 Å². The standard InChI is InChI=1S/C12H18BrN3O3/c1-4-19-7-10(8(2)3)15-12-11(16(17)18)5-9(13)6-14-12/h5-6,8,10H,4,7H2,1-3H3,(H,14,15). The molecule has 6 nitrogen and oxygen atoms in total. The van der Waals surface area contributed by atoms with Crippen LogP contribution in [0.3, 0.4) is 0 Å². The Labute approximate surface area is 120 Å². The zero-order valence-electron chi connectivity index (χ0n) is 11.2. The number of pyridine rings is 1. The van der Waals surface area contributed by atoms with E-state index in [0.717, 1.165) is 0 Å². The summed E-state index contributed by atoms with van der Waals surface area (Å²) in [6, 6.07) is 1.42. The Bertz CT molecular complexity index is 440. The third-order valence-electron chi connectivity index (χ3n) is 2.66. The zero-order valence-corrected chi connectivity index (χ0v) is 12.8. The number of nitro groups is 1. The van der Waals surface area contributed by atoms with Crippen LogP contribution in [0.25, 0.3) is 0 Å². The summed E-state index contributed by atoms with van der Waals surface area (Å²) in [5.74, 6) is 0.545. The molecule has 0 aliphatic carbocycles. The molecule has 1 rings (SSSR count). The van der Waals surface area contributed by atoms with Crippen molar-refractivity contribution in [1.29, 1.82) is 0 Å². The normalized spacial score (nSPS) is 12.5. The molecule has 1 aromatic rings. The molecule has 0 saturated carbocycles. The predicted molar refractivity (Wildman–Crippen MR) is 77.3 cm³/mol. The highest BCUT2D eigenvalue weighted by Crippen LogP contribution is 2.26. The van der Waals surface area contributed by atoms with Gasteiger partial charge in [-0.25, -0.2) is 4.98 Å². The highest BCUT2D eigenvalue weighted by molar-refractivity contribution is 9.10. The lowest BCUT2D eigenvalue weighted by Crippen LogP contribution is -2.31. The van der Waals surface area contributed by atoms with Crippen molar-refractivity contribution in [2.45, 2.75) is 26.8 Å². The van der Waals surface area contributed by atoms with Gasteiger partial charge in [-0.2, -0.15) is 0 Å². The van der Waals surface area contributed by atoms with E-state index in [0.29, 0.717) is 17.7 Å². The molecular weight excluding hydrogens is 314 g/mol. The molecule has 0 aliphatic rings. The first kappa shape index (κ1) is 15.8. The minimum absolute atomic E-state index is 0.0210. The smallest absolute Gasteiger partial charge is 0.312 e. The third-order valence-corrected chi connectivity index (χ3v) is 3.09. The summed E-state index contributed by atoms with van der Waals surface area (Å²) < 4.78 is 5.96. The van der Waals surface area contributed by atoms with Gasteiger partial charge in [0.2, 0.25) is 5.82 Å². The summed E-state index contributed by atoms with van der Waals surface area (Å²) in [6.07, 6.45) is 1.54. The largest absolute Gasteiger partial charge is 0.380 e. The predicted octanol–water partition coefficient (Wildman–Crippen LogP) is 3.23. The number of aromatic nitrogens is 1. The monoisotopic (exact) mass is 331 g/mol. The maximum absolute atomic E-state index is 11.0. The Balaban J connectivity index is 2.92. The molecule has 0 bridgehead atoms. The molecule has 0 radical (unpaired) electrons. The van der Waals surface area contributed by atoms with E-state index in [-0.39, 0.29) is 23.5 Å². The average Bonchev–Trinajstić information content (AvgIpc) is 2.35. The molecule has 19 heavy (non-hydrogen) atoms. The second kappa shape index (κ2) is 7.40. The van der Waals surface area contributed by atoms with Crippen LogP contribution < -0.4 is 5.32 Å². The second-order valence-electron chi connectivity index (χ2n) is 4.43. The minimum Gasteiger partial charge on any atom is -0.380 e. The molecule has 7 heteroatoms. The molecule has 1 heterocycles. The highest BCUT2D eigenvalue weighted by Gasteiger charge is 2.21. The fraction of sp³-hybridized carbons (Fsp3) is 0.583. The summed E-state index contributed by atoms with van der Waals surface area (Å²) in [6.45, 7) is 7.07. The van der Waals surface area contributed by atoms with Gasteiger partial charge in [0.1, 0.15) is 0 Å². The van der Waals surface area contributed by atoms with Gasteiger partial charge in [0, 0.05) is 23.3 Å². The van der Waals surface area contributed by atoms with Gasteiger partial charge in [-0.15, -0.1) is 0 Å². The fourth-order valence-electron chi connectivity index (χ4n) is 1.50. The van der Waals surface area contributed by atoms with E-state index < -0.39 is 4.92 Å². The van der Waals surface area contributed by atoms with E-state index in [1.54, 1.807) is 0 Å². The van der Waals surface area contributed by atoms with Gasteiger partial charge in [-0.3, -0.25) is 10.1 Å². The molecule has 1 N–H and O–H groups in total. The van der Waals surface area contributed by atoms with Crippen molar-refractivity contribution < 1.29 is 9.66 Å². The maximum Gasteiger partial charge on any atom is 0.312 e. The number of nitrogens with zero attached hydrogens (tertiary/aromatic N) is 2. The maximum atomic E-state index is 11.0. The van der Waals surface area contributed by atoms with Crippen LogP contribution in [0, 0.1) is 16.0 Å². The number of halogens is 1. The molecule has 0 amide bonds. The number of anilines is 1. The van der Waals surface area contributed by atoms with E-state index >= 15 is 0 Å². The Kier molecular flexibility index (Phi) is 6.17. The van der Waals surface area contributed by atoms with E-state index in [4.69, 9.17) is 4.74 Å². The van der Waals surface area contributed by atoms with Crippen LogP contribution in [0.5, 0.6) is 0 Å². The Morgan fingerprint density at radius 2 is 2.26 bits per heavy atom. The first-order chi connectivity index (χ1) is 8.95. The third kappa shape index (κ3) is 4.76. The molecule has 0 aromatic carbocycles. The van der Waals surface area contributed by atoms with Gasteiger partial charge in [0.25, 0.3) is 0 Å². The van der Waals surface area contributed by atoms with Crippen LogP contribution in [-0.4, -0.2) is 29.2 Å². The van der Waals surface area contributed by atoms with E-state index in [1.165, 1.54) is 12.3 Å². The fourth-order valence-corrected chi connectivity index (χ4v) is 1.82. The van der Waals surface area contributed by atoms with E-state index in [9.17, 15) is 10.1 Å². The summed E-state index contributed by atoms with van der Waals surface area (Å²) in [5.41, 5.74) is -0.0449. The Morgan fingerprint density at radius 3 is 2.79 bits per heavy atom. The Hall–Kier alpha value is -1.21. The summed E-state index contributed by atoms with van der Waals surface area (Å²) >= 11 is 3.18. The van der Waals surface area contributed by atoms with Crippen molar-refractivity contribution in [1.82, 2.24) is 4.98 Å². The van der Waals surface area contributed by atoms with Gasteiger partial charge < -0.3 is 10.1 Å². The topological polar surface area (TPSA) is 77.3 Å². The van der Waals surface area contributed by atoms with Crippen LogP contribution in [0.4, 0.5) is 11.5 Å². The zero-order chi connectivity index (χ0) is 14.4. The van der Waals surface area contributed by atoms with Crippen molar-refractivity contribution in [2.75, 3.05) is 18.5 Å². The lowest BCUT2D eigenvalue weighted by atomic mass is 10.1. The first-order valence-electron chi connectivity index (χ1n) is 6.09. The van der Waals surface area contributed by atoms with Crippen molar-refractivity contribution in [3.05, 3.63) is 26.9 Å². The first-order valence-corrected chi connectivity index (χ1v) is 6.89. The van der Waals surface area contributed by atoms with Gasteiger partial charge in [-0.1, -0.05) is 13.8 Å². The average molecular weight is 332 g/mol. The molecular formula is C12H18BrN3O3. The van der Waals surface area contributed by atoms with E-state index in [1.807, 2.05) is 20.8 Å². The van der Waals surface area contributed by atoms with Crippen molar-refractivity contribution in [3.8, 4) is 0 Å². The molecule has 0 aliphatic heterocycles. The van der Waals surface area contributed by atoms with Gasteiger partial charge in [0.05, 0.1) is 17.6 Å². The van der Waals surface area contributed by atoms with Crippen LogP contribution in [0.1, 0.15) is 20.8 Å². The number of hydrogen-bond donors (Lipinski definition) is 1. The number of ether oxygens (including phenoxy) is 1. The number of hydrogen-bond acceptors (Lipinski definition) is 5. The molecule has 106 valence electrons. The lowest BCUT2D eigenvalue weighted by Gasteiger charge is -2.22. The molecule has 1 atom stereocenters. The second-order valence-corrected chi connectivity index (χ2v) is 5.35. The van der Waals surface area contributed by atoms with Gasteiger partial charge in [-0.05, 0) is 28.8 Å². The molecule has 1 aromatic heterocycles.